The summed E-state index contributed by atoms with van der Waals surface area (Å²) in [6.07, 6.45) is 6.17. The highest BCUT2D eigenvalue weighted by Crippen LogP contribution is 2.35. The van der Waals surface area contributed by atoms with Crippen LogP contribution in [0.3, 0.4) is 0 Å². The number of benzene rings is 1. The average Bonchev–Trinajstić information content (AvgIpc) is 3.54. The number of rotatable bonds is 7. The van der Waals surface area contributed by atoms with E-state index < -0.39 is 16.1 Å². The number of hydrogen-bond donors (Lipinski definition) is 1. The molecule has 1 aliphatic heterocycles. The summed E-state index contributed by atoms with van der Waals surface area (Å²) in [6, 6.07) is 4.47. The van der Waals surface area contributed by atoms with Gasteiger partial charge in [-0.15, -0.1) is 0 Å². The molecule has 3 atom stereocenters. The molecule has 1 aromatic carbocycles. The van der Waals surface area contributed by atoms with E-state index in [1.807, 2.05) is 26.0 Å². The number of nitrogens with zero attached hydrogens (tertiary/aromatic N) is 2. The first-order valence-electron chi connectivity index (χ1n) is 11.0. The molecule has 7 nitrogen and oxygen atoms in total. The van der Waals surface area contributed by atoms with E-state index in [1.165, 1.54) is 4.31 Å². The Morgan fingerprint density at radius 3 is 2.71 bits per heavy atom. The molecule has 0 spiro atoms. The molecule has 0 radical (unpaired) electrons. The normalized spacial score (nSPS) is 24.7. The van der Waals surface area contributed by atoms with Gasteiger partial charge in [-0.05, 0) is 50.3 Å². The van der Waals surface area contributed by atoms with Crippen LogP contribution < -0.4 is 4.74 Å². The predicted molar refractivity (Wildman–Crippen MR) is 120 cm³/mol. The molecule has 31 heavy (non-hydrogen) atoms. The van der Waals surface area contributed by atoms with E-state index in [-0.39, 0.29) is 41.7 Å². The molecule has 0 bridgehead atoms. The number of aliphatic hydroxyl groups is 1. The summed E-state index contributed by atoms with van der Waals surface area (Å²) in [4.78, 5) is 14.3. The van der Waals surface area contributed by atoms with Crippen LogP contribution in [0.5, 0.6) is 5.75 Å². The van der Waals surface area contributed by atoms with Gasteiger partial charge in [0.15, 0.2) is 0 Å². The van der Waals surface area contributed by atoms with Crippen LogP contribution in [0.1, 0.15) is 45.6 Å². The van der Waals surface area contributed by atoms with Crippen LogP contribution in [0.2, 0.25) is 0 Å². The highest BCUT2D eigenvalue weighted by molar-refractivity contribution is 7.89. The van der Waals surface area contributed by atoms with E-state index in [9.17, 15) is 18.3 Å². The van der Waals surface area contributed by atoms with Crippen LogP contribution in [-0.2, 0) is 14.8 Å². The summed E-state index contributed by atoms with van der Waals surface area (Å²) in [5, 5.41) is 9.70. The number of fused-ring (bicyclic) bond motifs is 1. The average molecular weight is 451 g/mol. The van der Waals surface area contributed by atoms with Crippen molar-refractivity contribution in [3.8, 4) is 5.75 Å². The second-order valence-electron chi connectivity index (χ2n) is 8.87. The van der Waals surface area contributed by atoms with Crippen LogP contribution in [0, 0.1) is 11.8 Å². The van der Waals surface area contributed by atoms with Gasteiger partial charge in [0.1, 0.15) is 16.7 Å². The summed E-state index contributed by atoms with van der Waals surface area (Å²) in [7, 11) is -2.07. The Morgan fingerprint density at radius 2 is 2.10 bits per heavy atom. The van der Waals surface area contributed by atoms with Crippen molar-refractivity contribution >= 4 is 22.0 Å². The zero-order chi connectivity index (χ0) is 22.8. The Morgan fingerprint density at radius 1 is 1.39 bits per heavy atom. The minimum absolute atomic E-state index is 0.0879. The second-order valence-corrected chi connectivity index (χ2v) is 10.7. The van der Waals surface area contributed by atoms with E-state index in [0.29, 0.717) is 18.9 Å². The molecule has 3 rings (SSSR count). The number of ether oxygens (including phenoxy) is 1. The van der Waals surface area contributed by atoms with Gasteiger partial charge in [0, 0.05) is 32.0 Å². The first-order valence-corrected chi connectivity index (χ1v) is 12.4. The van der Waals surface area contributed by atoms with Crippen molar-refractivity contribution in [1.29, 1.82) is 0 Å². The largest absolute Gasteiger partial charge is 0.487 e. The Hall–Kier alpha value is -1.90. The lowest BCUT2D eigenvalue weighted by atomic mass is 10.0. The smallest absolute Gasteiger partial charge is 0.247 e. The van der Waals surface area contributed by atoms with Crippen molar-refractivity contribution in [1.82, 2.24) is 9.21 Å². The van der Waals surface area contributed by atoms with E-state index >= 15 is 0 Å². The number of hydrogen-bond acceptors (Lipinski definition) is 5. The molecule has 1 heterocycles. The van der Waals surface area contributed by atoms with Crippen molar-refractivity contribution in [3.05, 3.63) is 29.8 Å². The molecule has 1 N–H and O–H groups in total. The third-order valence-corrected chi connectivity index (χ3v) is 8.11. The van der Waals surface area contributed by atoms with E-state index in [0.717, 1.165) is 18.4 Å². The summed E-state index contributed by atoms with van der Waals surface area (Å²) >= 11 is 0. The highest BCUT2D eigenvalue weighted by atomic mass is 32.2. The van der Waals surface area contributed by atoms with Gasteiger partial charge in [0.05, 0.1) is 13.2 Å². The molecule has 0 aromatic heterocycles. The quantitative estimate of drug-likeness (QED) is 0.690. The van der Waals surface area contributed by atoms with Gasteiger partial charge in [0.25, 0.3) is 0 Å². The molecule has 1 aliphatic carbocycles. The number of carbonyl (C=O) groups is 1. The topological polar surface area (TPSA) is 87.2 Å². The fourth-order valence-corrected chi connectivity index (χ4v) is 5.68. The van der Waals surface area contributed by atoms with Crippen molar-refractivity contribution < 1.29 is 23.1 Å². The number of aliphatic hydroxyl groups excluding tert-OH is 1. The van der Waals surface area contributed by atoms with Crippen LogP contribution >= 0.6 is 0 Å². The summed E-state index contributed by atoms with van der Waals surface area (Å²) in [6.45, 7) is 5.82. The van der Waals surface area contributed by atoms with Crippen LogP contribution in [-0.4, -0.2) is 67.5 Å². The van der Waals surface area contributed by atoms with Crippen molar-refractivity contribution in [3.63, 3.8) is 0 Å². The van der Waals surface area contributed by atoms with E-state index in [4.69, 9.17) is 4.74 Å². The van der Waals surface area contributed by atoms with Crippen LogP contribution in [0.15, 0.2) is 29.2 Å². The molecule has 1 fully saturated rings. The lowest BCUT2D eigenvalue weighted by Gasteiger charge is -2.37. The minimum atomic E-state index is -3.85. The summed E-state index contributed by atoms with van der Waals surface area (Å²) in [5.74, 6) is 0.695. The fraction of sp³-hybridized carbons (Fsp3) is 0.609. The molecule has 1 amide bonds. The van der Waals surface area contributed by atoms with Gasteiger partial charge in [-0.3, -0.25) is 4.79 Å². The Bertz CT molecular complexity index is 926. The summed E-state index contributed by atoms with van der Waals surface area (Å²) < 4.78 is 34.5. The molecule has 1 saturated carbocycles. The molecule has 172 valence electrons. The van der Waals surface area contributed by atoms with Gasteiger partial charge in [0.2, 0.25) is 15.9 Å². The van der Waals surface area contributed by atoms with Gasteiger partial charge < -0.3 is 14.7 Å². The first-order chi connectivity index (χ1) is 14.7. The van der Waals surface area contributed by atoms with Gasteiger partial charge in [-0.1, -0.05) is 25.1 Å². The minimum Gasteiger partial charge on any atom is -0.487 e. The Labute approximate surface area is 185 Å². The fourth-order valence-electron chi connectivity index (χ4n) is 3.85. The van der Waals surface area contributed by atoms with Gasteiger partial charge in [-0.25, -0.2) is 8.42 Å². The van der Waals surface area contributed by atoms with E-state index in [1.54, 1.807) is 37.1 Å². The number of carbonyl (C=O) groups excluding carboxylic acids is 1. The van der Waals surface area contributed by atoms with Gasteiger partial charge >= 0.3 is 0 Å². The number of sulfonamides is 1. The predicted octanol–water partition coefficient (Wildman–Crippen LogP) is 2.75. The van der Waals surface area contributed by atoms with Crippen molar-refractivity contribution in [2.24, 2.45) is 11.8 Å². The SMILES string of the molecule is C/C=C/c1ccc2c(c1)O[C@@H](CN(C)C(=O)CC1CC1)[C@H](C)CN([C@@H](C)CO)S2(=O)=O. The monoisotopic (exact) mass is 450 g/mol. The maximum Gasteiger partial charge on any atom is 0.247 e. The standard InChI is InChI=1S/C23H34N2O5S/c1-5-6-18-9-10-22-20(11-18)30-21(14-24(4)23(27)12-19-7-8-19)16(2)13-25(17(3)15-26)31(22,28)29/h5-6,9-11,16-17,19,21,26H,7-8,12-15H2,1-4H3/b6-5+/t16-,17+,21+/m1/s1. The molecule has 8 heteroatoms. The Balaban J connectivity index is 1.97. The van der Waals surface area contributed by atoms with Crippen molar-refractivity contribution in [2.75, 3.05) is 26.7 Å². The van der Waals surface area contributed by atoms with E-state index in [2.05, 4.69) is 0 Å². The molecule has 0 saturated heterocycles. The van der Waals surface area contributed by atoms with Crippen LogP contribution in [0.25, 0.3) is 6.08 Å². The van der Waals surface area contributed by atoms with Crippen LogP contribution in [0.4, 0.5) is 0 Å². The zero-order valence-electron chi connectivity index (χ0n) is 18.8. The third-order valence-electron chi connectivity index (χ3n) is 6.09. The maximum atomic E-state index is 13.4. The first kappa shape index (κ1) is 23.8. The zero-order valence-corrected chi connectivity index (χ0v) is 19.6. The molecular formula is C23H34N2O5S. The number of amides is 1. The lowest BCUT2D eigenvalue weighted by molar-refractivity contribution is -0.131. The van der Waals surface area contributed by atoms with Crippen molar-refractivity contribution in [2.45, 2.75) is 57.1 Å². The third kappa shape index (κ3) is 5.48. The molecule has 1 aromatic rings. The lowest BCUT2D eigenvalue weighted by Crippen LogP contribution is -2.50. The Kier molecular flexibility index (Phi) is 7.44. The summed E-state index contributed by atoms with van der Waals surface area (Å²) in [5.41, 5.74) is 0.836. The number of allylic oxidation sites excluding steroid dienone is 1. The van der Waals surface area contributed by atoms with Gasteiger partial charge in [-0.2, -0.15) is 4.31 Å². The molecule has 2 aliphatic rings. The second kappa shape index (κ2) is 9.71. The highest BCUT2D eigenvalue weighted by Gasteiger charge is 2.38. The molecule has 0 unspecified atom stereocenters. The maximum absolute atomic E-state index is 13.4. The molecular weight excluding hydrogens is 416 g/mol. The number of likely N-dealkylation sites (N-methyl/N-ethyl adjacent to an activating group) is 1.